The second-order valence-corrected chi connectivity index (χ2v) is 10.2. The zero-order valence-electron chi connectivity index (χ0n) is 22.3. The smallest absolute Gasteiger partial charge is 0.413 e. The fourth-order valence-corrected chi connectivity index (χ4v) is 5.60. The van der Waals surface area contributed by atoms with Crippen LogP contribution in [-0.2, 0) is 4.74 Å². The molecule has 0 radical (unpaired) electrons. The zero-order valence-corrected chi connectivity index (χ0v) is 22.3. The number of likely N-dealkylation sites (tertiary alicyclic amines) is 1. The lowest BCUT2D eigenvalue weighted by Crippen LogP contribution is -2.55. The highest BCUT2D eigenvalue weighted by molar-refractivity contribution is 5.88. The van der Waals surface area contributed by atoms with Gasteiger partial charge in [0, 0.05) is 38.9 Å². The van der Waals surface area contributed by atoms with E-state index in [1.165, 1.54) is 30.5 Å². The molecule has 5 atom stereocenters. The van der Waals surface area contributed by atoms with Crippen molar-refractivity contribution in [3.63, 3.8) is 0 Å². The summed E-state index contributed by atoms with van der Waals surface area (Å²) >= 11 is 0. The average molecular weight is 544 g/mol. The van der Waals surface area contributed by atoms with Crippen LogP contribution < -0.4 is 20.3 Å². The number of anilines is 3. The van der Waals surface area contributed by atoms with Gasteiger partial charge >= 0.3 is 12.1 Å². The van der Waals surface area contributed by atoms with Crippen LogP contribution >= 0.6 is 0 Å². The van der Waals surface area contributed by atoms with Crippen molar-refractivity contribution in [2.45, 2.75) is 50.5 Å². The molecule has 0 spiro atoms. The third-order valence-electron chi connectivity index (χ3n) is 7.57. The van der Waals surface area contributed by atoms with Crippen molar-refractivity contribution in [1.29, 1.82) is 0 Å². The molecule has 5 rings (SSSR count). The summed E-state index contributed by atoms with van der Waals surface area (Å²) in [5.41, 5.74) is 0. The minimum absolute atomic E-state index is 0.130. The molecule has 0 aromatic carbocycles. The number of aromatic nitrogens is 4. The molecule has 3 amide bonds. The molecule has 2 aromatic rings. The first-order valence-electron chi connectivity index (χ1n) is 13.2. The van der Waals surface area contributed by atoms with E-state index in [1.54, 1.807) is 11.0 Å². The molecule has 2 aromatic heterocycles. The Hall–Kier alpha value is -3.81. The maximum atomic E-state index is 15.0. The molecule has 0 unspecified atom stereocenters. The second kappa shape index (κ2) is 11.5. The monoisotopic (exact) mass is 543 g/mol. The fourth-order valence-electron chi connectivity index (χ4n) is 5.60. The second-order valence-electron chi connectivity index (χ2n) is 10.2. The summed E-state index contributed by atoms with van der Waals surface area (Å²) in [4.78, 5) is 47.7. The van der Waals surface area contributed by atoms with Gasteiger partial charge in [-0.1, -0.05) is 0 Å². The third-order valence-corrected chi connectivity index (χ3v) is 7.57. The van der Waals surface area contributed by atoms with E-state index in [4.69, 9.17) is 9.47 Å². The van der Waals surface area contributed by atoms with E-state index in [2.05, 4.69) is 42.5 Å². The van der Waals surface area contributed by atoms with Crippen LogP contribution in [0.2, 0.25) is 0 Å². The van der Waals surface area contributed by atoms with Crippen molar-refractivity contribution < 1.29 is 23.5 Å². The van der Waals surface area contributed by atoms with Crippen LogP contribution in [0.1, 0.15) is 26.2 Å². The van der Waals surface area contributed by atoms with Crippen molar-refractivity contribution in [2.24, 2.45) is 5.92 Å². The van der Waals surface area contributed by atoms with Gasteiger partial charge in [0.1, 0.15) is 18.1 Å². The maximum Gasteiger partial charge on any atom is 0.413 e. The van der Waals surface area contributed by atoms with Crippen LogP contribution in [0.4, 0.5) is 31.6 Å². The van der Waals surface area contributed by atoms with E-state index in [9.17, 15) is 14.0 Å². The molecule has 13 nitrogen and oxygen atoms in total. The highest BCUT2D eigenvalue weighted by atomic mass is 19.1. The van der Waals surface area contributed by atoms with Crippen molar-refractivity contribution in [2.75, 3.05) is 55.9 Å². The lowest BCUT2D eigenvalue weighted by atomic mass is 10.0. The number of rotatable bonds is 7. The van der Waals surface area contributed by atoms with Crippen molar-refractivity contribution >= 4 is 29.7 Å². The number of carbonyl (C=O) groups excluding carboxylic acids is 2. The summed E-state index contributed by atoms with van der Waals surface area (Å²) in [7, 11) is 3.58. The zero-order chi connectivity index (χ0) is 27.5. The van der Waals surface area contributed by atoms with Gasteiger partial charge in [-0.15, -0.1) is 0 Å². The highest BCUT2D eigenvalue weighted by Crippen LogP contribution is 2.38. The SMILES string of the molecule is CCOc1cnc(NC(=O)N(C)[C@H]2CN(c3nccc(NC(=O)O[C@@H]4C[C@H]5C[C@@H]4N(C)C5)n3)CC[C@H]2F)cn1. The van der Waals surface area contributed by atoms with Crippen LogP contribution in [-0.4, -0.2) is 107 Å². The van der Waals surface area contributed by atoms with Gasteiger partial charge in [-0.05, 0) is 45.2 Å². The van der Waals surface area contributed by atoms with E-state index in [0.717, 1.165) is 19.4 Å². The minimum atomic E-state index is -1.24. The molecule has 1 aliphatic carbocycles. The highest BCUT2D eigenvalue weighted by Gasteiger charge is 2.45. The Morgan fingerprint density at radius 1 is 1.15 bits per heavy atom. The summed E-state index contributed by atoms with van der Waals surface area (Å²) < 4.78 is 25.9. The van der Waals surface area contributed by atoms with Gasteiger partial charge in [-0.25, -0.2) is 28.9 Å². The Bertz CT molecular complexity index is 1170. The quantitative estimate of drug-likeness (QED) is 0.535. The molecule has 14 heteroatoms. The Balaban J connectivity index is 1.18. The van der Waals surface area contributed by atoms with Crippen LogP contribution in [0.25, 0.3) is 0 Å². The van der Waals surface area contributed by atoms with Crippen LogP contribution in [0.3, 0.4) is 0 Å². The molecular weight excluding hydrogens is 509 g/mol. The van der Waals surface area contributed by atoms with Gasteiger partial charge < -0.3 is 19.3 Å². The summed E-state index contributed by atoms with van der Waals surface area (Å²) in [5, 5.41) is 5.33. The molecule has 1 saturated carbocycles. The normalized spacial score (nSPS) is 26.3. The molecule has 2 saturated heterocycles. The molecular formula is C25H34FN9O4. The number of fused-ring (bicyclic) bond motifs is 2. The first kappa shape index (κ1) is 26.8. The number of likely N-dealkylation sites (N-methyl/N-ethyl adjacent to an activating group) is 2. The molecule has 4 heterocycles. The lowest BCUT2D eigenvalue weighted by molar-refractivity contribution is 0.0492. The van der Waals surface area contributed by atoms with Crippen molar-refractivity contribution in [1.82, 2.24) is 29.7 Å². The van der Waals surface area contributed by atoms with Crippen LogP contribution in [0, 0.1) is 5.92 Å². The Morgan fingerprint density at radius 2 is 2.00 bits per heavy atom. The number of hydrogen-bond acceptors (Lipinski definition) is 10. The number of urea groups is 1. The molecule has 39 heavy (non-hydrogen) atoms. The largest absolute Gasteiger partial charge is 0.477 e. The number of halogens is 1. The number of nitrogens with one attached hydrogen (secondary N) is 2. The number of nitrogens with zero attached hydrogens (tertiary/aromatic N) is 7. The molecule has 2 bridgehead atoms. The average Bonchev–Trinajstić information content (AvgIpc) is 3.49. The van der Waals surface area contributed by atoms with E-state index < -0.39 is 24.3 Å². The van der Waals surface area contributed by atoms with E-state index in [1.807, 2.05) is 6.92 Å². The summed E-state index contributed by atoms with van der Waals surface area (Å²) in [6.07, 6.45) is 4.51. The van der Waals surface area contributed by atoms with Crippen molar-refractivity contribution in [3.8, 4) is 5.88 Å². The number of carbonyl (C=O) groups is 2. The summed E-state index contributed by atoms with van der Waals surface area (Å²) in [6, 6.07) is 0.563. The number of amides is 3. The Labute approximate surface area is 226 Å². The van der Waals surface area contributed by atoms with Gasteiger partial charge in [-0.2, -0.15) is 4.98 Å². The van der Waals surface area contributed by atoms with E-state index >= 15 is 0 Å². The van der Waals surface area contributed by atoms with Crippen LogP contribution in [0.15, 0.2) is 24.7 Å². The Kier molecular flexibility index (Phi) is 7.91. The molecule has 2 aliphatic heterocycles. The van der Waals surface area contributed by atoms with E-state index in [-0.39, 0.29) is 30.9 Å². The number of ether oxygens (including phenoxy) is 2. The summed E-state index contributed by atoms with van der Waals surface area (Å²) in [6.45, 7) is 3.86. The van der Waals surface area contributed by atoms with Gasteiger partial charge in [0.05, 0.1) is 25.0 Å². The van der Waals surface area contributed by atoms with Gasteiger partial charge in [-0.3, -0.25) is 15.5 Å². The molecule has 3 fully saturated rings. The Morgan fingerprint density at radius 3 is 2.72 bits per heavy atom. The van der Waals surface area contributed by atoms with Gasteiger partial charge in [0.2, 0.25) is 11.8 Å². The molecule has 210 valence electrons. The van der Waals surface area contributed by atoms with Crippen molar-refractivity contribution in [3.05, 3.63) is 24.7 Å². The first-order valence-corrected chi connectivity index (χ1v) is 13.2. The predicted octanol–water partition coefficient (Wildman–Crippen LogP) is 2.39. The minimum Gasteiger partial charge on any atom is -0.477 e. The van der Waals surface area contributed by atoms with E-state index in [0.29, 0.717) is 36.7 Å². The number of hydrogen-bond donors (Lipinski definition) is 2. The first-order chi connectivity index (χ1) is 18.8. The standard InChI is InChI=1S/C25H34FN9O4/c1-4-38-22-12-28-21(11-29-22)31-24(36)34(3)18-14-35(8-6-16(18)26)23-27-7-5-20(30-23)32-25(37)39-19-10-15-9-17(19)33(2)13-15/h5,7,11-12,15-19H,4,6,8-10,13-14H2,1-3H3,(H,28,31,36)(H,27,30,32,37)/t15-,16-,17+,18+,19-/m1/s1. The third kappa shape index (κ3) is 6.10. The lowest BCUT2D eigenvalue weighted by Gasteiger charge is -2.39. The fraction of sp³-hybridized carbons (Fsp3) is 0.600. The molecule has 2 N–H and O–H groups in total. The van der Waals surface area contributed by atoms with Gasteiger partial charge in [0.15, 0.2) is 5.82 Å². The number of alkyl halides is 1. The maximum absolute atomic E-state index is 15.0. The number of piperidine rings is 2. The summed E-state index contributed by atoms with van der Waals surface area (Å²) in [5.74, 6) is 1.77. The molecule has 3 aliphatic rings. The predicted molar refractivity (Wildman–Crippen MR) is 141 cm³/mol. The van der Waals surface area contributed by atoms with Gasteiger partial charge in [0.25, 0.3) is 0 Å². The topological polar surface area (TPSA) is 138 Å². The van der Waals surface area contributed by atoms with Crippen LogP contribution in [0.5, 0.6) is 5.88 Å².